The first kappa shape index (κ1) is 25.8. The molecule has 3 aliphatic heterocycles. The molecule has 2 saturated carbocycles. The number of hydrogen-bond donors (Lipinski definition) is 6. The van der Waals surface area contributed by atoms with Gasteiger partial charge in [0.05, 0.1) is 31.1 Å². The minimum atomic E-state index is -0.750. The van der Waals surface area contributed by atoms with Crippen LogP contribution in [0.25, 0.3) is 0 Å². The number of nitrogens with one attached hydrogen (secondary N) is 6. The molecule has 3 heterocycles. The molecule has 0 radical (unpaired) electrons. The van der Waals surface area contributed by atoms with Crippen molar-refractivity contribution in [2.24, 2.45) is 11.8 Å². The molecular weight excluding hydrogens is 449 g/mol. The average molecular weight is 496 g/mol. The van der Waals surface area contributed by atoms with Crippen LogP contribution in [0.5, 0.6) is 0 Å². The Morgan fingerprint density at radius 2 is 2.06 bits per heavy atom. The van der Waals surface area contributed by atoms with Crippen molar-refractivity contribution in [3.63, 3.8) is 0 Å². The van der Waals surface area contributed by atoms with Crippen LogP contribution < -0.4 is 32.1 Å². The Bertz CT molecular complexity index is 697. The first-order valence-electron chi connectivity index (χ1n) is 14.1. The zero-order chi connectivity index (χ0) is 24.2. The summed E-state index contributed by atoms with van der Waals surface area (Å²) in [6.45, 7) is 6.59. The number of nitrogens with zero attached hydrogens (tertiary/aromatic N) is 1. The Labute approximate surface area is 209 Å². The third-order valence-electron chi connectivity index (χ3n) is 8.90. The van der Waals surface area contributed by atoms with E-state index in [1.165, 1.54) is 0 Å². The van der Waals surface area contributed by atoms with Crippen molar-refractivity contribution in [1.82, 2.24) is 37.0 Å². The Morgan fingerprint density at radius 3 is 2.89 bits per heavy atom. The lowest BCUT2D eigenvalue weighted by molar-refractivity contribution is -0.127. The second-order valence-corrected chi connectivity index (χ2v) is 11.3. The smallest absolute Gasteiger partial charge is 0.223 e. The van der Waals surface area contributed by atoms with Gasteiger partial charge in [-0.05, 0) is 51.5 Å². The van der Waals surface area contributed by atoms with Gasteiger partial charge in [-0.15, -0.1) is 0 Å². The SMILES string of the molecule is CCCN1C(CNC2CCCC(C(=O)N[C@H]3COC4CC(F)CCC43)C2)NNC1C1CCNCN1. The minimum Gasteiger partial charge on any atom is -0.376 e. The second-order valence-electron chi connectivity index (χ2n) is 11.3. The molecule has 0 bridgehead atoms. The maximum Gasteiger partial charge on any atom is 0.223 e. The second kappa shape index (κ2) is 12.1. The highest BCUT2D eigenvalue weighted by molar-refractivity contribution is 5.79. The van der Waals surface area contributed by atoms with Crippen molar-refractivity contribution >= 4 is 5.91 Å². The number of hydrogen-bond acceptors (Lipinski definition) is 8. The van der Waals surface area contributed by atoms with Crippen LogP contribution in [0.4, 0.5) is 4.39 Å². The molecule has 0 spiro atoms. The van der Waals surface area contributed by atoms with Gasteiger partial charge in [-0.3, -0.25) is 15.0 Å². The molecule has 5 rings (SSSR count). The van der Waals surface area contributed by atoms with Gasteiger partial charge in [0.25, 0.3) is 0 Å². The van der Waals surface area contributed by atoms with Crippen molar-refractivity contribution < 1.29 is 13.9 Å². The van der Waals surface area contributed by atoms with E-state index >= 15 is 0 Å². The minimum absolute atomic E-state index is 0.0210. The van der Waals surface area contributed by atoms with Gasteiger partial charge in [0.1, 0.15) is 6.17 Å². The molecule has 5 fully saturated rings. The quantitative estimate of drug-likeness (QED) is 0.290. The maximum absolute atomic E-state index is 13.7. The molecule has 8 unspecified atom stereocenters. The van der Waals surface area contributed by atoms with Gasteiger partial charge in [0.15, 0.2) is 0 Å². The fourth-order valence-electron chi connectivity index (χ4n) is 6.96. The van der Waals surface area contributed by atoms with Crippen molar-refractivity contribution in [3.05, 3.63) is 0 Å². The lowest BCUT2D eigenvalue weighted by atomic mass is 9.81. The van der Waals surface area contributed by atoms with Gasteiger partial charge in [0, 0.05) is 50.1 Å². The van der Waals surface area contributed by atoms with E-state index in [9.17, 15) is 9.18 Å². The molecular formula is C25H46FN7O2. The van der Waals surface area contributed by atoms with Crippen LogP contribution >= 0.6 is 0 Å². The standard InChI is InChI=1S/C25H46FN7O2/c1-2-10-33-23(31-32-24(33)20-8-9-27-15-29-20)13-28-18-5-3-4-16(11-18)25(34)30-21-14-35-22-12-17(26)6-7-19(21)22/h16-24,27-29,31-32H,2-15H2,1H3,(H,30,34)/t16?,17?,18?,19?,20?,21-,22?,23?,24?/m0/s1. The number of ether oxygens (including phenoxy) is 1. The van der Waals surface area contributed by atoms with E-state index < -0.39 is 6.17 Å². The van der Waals surface area contributed by atoms with E-state index in [0.717, 1.165) is 71.2 Å². The number of alkyl halides is 1. The first-order chi connectivity index (χ1) is 17.1. The molecule has 9 nitrogen and oxygen atoms in total. The number of carbonyl (C=O) groups is 1. The van der Waals surface area contributed by atoms with E-state index in [4.69, 9.17) is 4.74 Å². The fourth-order valence-corrected chi connectivity index (χ4v) is 6.96. The van der Waals surface area contributed by atoms with E-state index in [-0.39, 0.29) is 36.1 Å². The van der Waals surface area contributed by atoms with Crippen LogP contribution in [0.1, 0.15) is 64.7 Å². The van der Waals surface area contributed by atoms with Crippen LogP contribution in [-0.4, -0.2) is 86.4 Å². The van der Waals surface area contributed by atoms with Crippen LogP contribution in [-0.2, 0) is 9.53 Å². The highest BCUT2D eigenvalue weighted by atomic mass is 19.1. The predicted molar refractivity (Wildman–Crippen MR) is 133 cm³/mol. The molecule has 200 valence electrons. The summed E-state index contributed by atoms with van der Waals surface area (Å²) < 4.78 is 19.6. The number of fused-ring (bicyclic) bond motifs is 1. The van der Waals surface area contributed by atoms with Gasteiger partial charge in [-0.2, -0.15) is 0 Å². The fraction of sp³-hybridized carbons (Fsp3) is 0.960. The Balaban J connectivity index is 1.09. The monoisotopic (exact) mass is 495 g/mol. The number of rotatable bonds is 8. The highest BCUT2D eigenvalue weighted by Crippen LogP contribution is 2.36. The van der Waals surface area contributed by atoms with E-state index in [2.05, 4.69) is 43.9 Å². The largest absolute Gasteiger partial charge is 0.376 e. The van der Waals surface area contributed by atoms with Gasteiger partial charge in [0.2, 0.25) is 5.91 Å². The van der Waals surface area contributed by atoms with Crippen LogP contribution in [0.2, 0.25) is 0 Å². The molecule has 6 N–H and O–H groups in total. The average Bonchev–Trinajstić information content (AvgIpc) is 3.47. The predicted octanol–water partition coefficient (Wildman–Crippen LogP) is 0.538. The molecule has 35 heavy (non-hydrogen) atoms. The topological polar surface area (TPSA) is 102 Å². The van der Waals surface area contributed by atoms with E-state index in [0.29, 0.717) is 37.7 Å². The zero-order valence-corrected chi connectivity index (χ0v) is 21.2. The first-order valence-corrected chi connectivity index (χ1v) is 14.1. The molecule has 9 atom stereocenters. The van der Waals surface area contributed by atoms with Crippen LogP contribution in [0.3, 0.4) is 0 Å². The summed E-state index contributed by atoms with van der Waals surface area (Å²) in [6.07, 6.45) is 7.91. The normalized spacial score (nSPS) is 42.6. The summed E-state index contributed by atoms with van der Waals surface area (Å²) in [7, 11) is 0. The number of amides is 1. The van der Waals surface area contributed by atoms with Gasteiger partial charge < -0.3 is 20.7 Å². The molecule has 3 saturated heterocycles. The summed E-state index contributed by atoms with van der Waals surface area (Å²) in [4.78, 5) is 15.7. The number of hydrazine groups is 1. The van der Waals surface area contributed by atoms with Gasteiger partial charge in [-0.1, -0.05) is 13.3 Å². The number of carbonyl (C=O) groups excluding carboxylic acids is 1. The van der Waals surface area contributed by atoms with Crippen molar-refractivity contribution in [1.29, 1.82) is 0 Å². The van der Waals surface area contributed by atoms with E-state index in [1.807, 2.05) is 0 Å². The van der Waals surface area contributed by atoms with Crippen molar-refractivity contribution in [2.45, 2.75) is 107 Å². The van der Waals surface area contributed by atoms with E-state index in [1.54, 1.807) is 0 Å². The molecule has 10 heteroatoms. The lowest BCUT2D eigenvalue weighted by Gasteiger charge is -2.36. The molecule has 0 aromatic rings. The molecule has 5 aliphatic rings. The highest BCUT2D eigenvalue weighted by Gasteiger charge is 2.43. The van der Waals surface area contributed by atoms with Crippen LogP contribution in [0.15, 0.2) is 0 Å². The zero-order valence-electron chi connectivity index (χ0n) is 21.2. The summed E-state index contributed by atoms with van der Waals surface area (Å²) in [5.41, 5.74) is 7.06. The van der Waals surface area contributed by atoms with Gasteiger partial charge >= 0.3 is 0 Å². The molecule has 1 amide bonds. The molecule has 2 aliphatic carbocycles. The van der Waals surface area contributed by atoms with Gasteiger partial charge in [-0.25, -0.2) is 15.2 Å². The molecule has 0 aromatic carbocycles. The Morgan fingerprint density at radius 1 is 1.14 bits per heavy atom. The maximum atomic E-state index is 13.7. The van der Waals surface area contributed by atoms with Crippen molar-refractivity contribution in [2.75, 3.05) is 32.9 Å². The Kier molecular flexibility index (Phi) is 8.91. The van der Waals surface area contributed by atoms with Crippen LogP contribution in [0, 0.1) is 11.8 Å². The third-order valence-corrected chi connectivity index (χ3v) is 8.90. The summed E-state index contributed by atoms with van der Waals surface area (Å²) in [5.74, 6) is 0.487. The number of halogens is 1. The van der Waals surface area contributed by atoms with Crippen molar-refractivity contribution in [3.8, 4) is 0 Å². The summed E-state index contributed by atoms with van der Waals surface area (Å²) in [5, 5.41) is 14.0. The molecule has 0 aromatic heterocycles. The lowest BCUT2D eigenvalue weighted by Crippen LogP contribution is -2.59. The summed E-state index contributed by atoms with van der Waals surface area (Å²) in [6, 6.07) is 0.836. The summed E-state index contributed by atoms with van der Waals surface area (Å²) >= 11 is 0. The Hall–Kier alpha value is -0.880. The third kappa shape index (κ3) is 6.17.